The molecular weight excluding hydrogens is 485 g/mol. The number of ether oxygens (including phenoxy) is 2. The minimum Gasteiger partial charge on any atom is -0.495 e. The van der Waals surface area contributed by atoms with Crippen molar-refractivity contribution in [2.75, 3.05) is 12.0 Å². The average Bonchev–Trinajstić information content (AvgIpc) is 2.79. The molecular formula is C24H20BrClFNO3. The van der Waals surface area contributed by atoms with Gasteiger partial charge in [0.15, 0.2) is 0 Å². The number of anilines is 1. The van der Waals surface area contributed by atoms with Crippen LogP contribution in [0.2, 0.25) is 5.02 Å². The van der Waals surface area contributed by atoms with Crippen LogP contribution in [0, 0.1) is 5.82 Å². The van der Waals surface area contributed by atoms with E-state index in [0.717, 1.165) is 11.1 Å². The molecule has 1 heterocycles. The van der Waals surface area contributed by atoms with Crippen molar-refractivity contribution >= 4 is 39.3 Å². The number of carbonyl (C=O) groups is 1. The van der Waals surface area contributed by atoms with Crippen LogP contribution in [0.25, 0.3) is 0 Å². The van der Waals surface area contributed by atoms with Gasteiger partial charge in [0.1, 0.15) is 18.2 Å². The average molecular weight is 505 g/mol. The summed E-state index contributed by atoms with van der Waals surface area (Å²) in [5, 5.41) is 0.523. The van der Waals surface area contributed by atoms with Crippen LogP contribution in [0.4, 0.5) is 14.9 Å². The van der Waals surface area contributed by atoms with E-state index in [1.165, 1.54) is 24.1 Å². The van der Waals surface area contributed by atoms with E-state index in [-0.39, 0.29) is 12.4 Å². The molecule has 4 nitrogen and oxygen atoms in total. The molecule has 0 spiro atoms. The van der Waals surface area contributed by atoms with Gasteiger partial charge >= 0.3 is 6.09 Å². The number of halogens is 3. The molecule has 1 atom stereocenters. The highest BCUT2D eigenvalue weighted by molar-refractivity contribution is 9.10. The number of methoxy groups -OCH3 is 1. The molecule has 3 aromatic carbocycles. The largest absolute Gasteiger partial charge is 0.495 e. The third-order valence-electron chi connectivity index (χ3n) is 5.33. The monoisotopic (exact) mass is 503 g/mol. The summed E-state index contributed by atoms with van der Waals surface area (Å²) >= 11 is 10.0. The van der Waals surface area contributed by atoms with Crippen LogP contribution in [0.5, 0.6) is 5.75 Å². The standard InChI is InChI=1S/C24H20BrClFNO3/c1-30-21-13-19(25)22(26)18-10-11-20(16-8-5-9-17(27)12-16)28(23(18)21)24(29)31-14-15-6-3-2-4-7-15/h2-9,12-13,20H,10-11,14H2,1H3. The number of benzene rings is 3. The molecule has 0 bridgehead atoms. The Morgan fingerprint density at radius 3 is 2.68 bits per heavy atom. The third kappa shape index (κ3) is 4.41. The minimum atomic E-state index is -0.546. The van der Waals surface area contributed by atoms with Crippen molar-refractivity contribution in [3.63, 3.8) is 0 Å². The van der Waals surface area contributed by atoms with E-state index in [1.807, 2.05) is 36.4 Å². The van der Waals surface area contributed by atoms with E-state index in [0.29, 0.717) is 39.3 Å². The molecule has 0 saturated heterocycles. The van der Waals surface area contributed by atoms with E-state index in [2.05, 4.69) is 15.9 Å². The molecule has 0 radical (unpaired) electrons. The van der Waals surface area contributed by atoms with Crippen molar-refractivity contribution in [2.45, 2.75) is 25.5 Å². The van der Waals surface area contributed by atoms with Crippen molar-refractivity contribution in [3.8, 4) is 5.75 Å². The van der Waals surface area contributed by atoms with Gasteiger partial charge < -0.3 is 9.47 Å². The Bertz CT molecular complexity index is 1110. The predicted molar refractivity (Wildman–Crippen MR) is 122 cm³/mol. The lowest BCUT2D eigenvalue weighted by Crippen LogP contribution is -2.39. The van der Waals surface area contributed by atoms with Gasteiger partial charge in [-0.3, -0.25) is 4.90 Å². The second-order valence-electron chi connectivity index (χ2n) is 7.22. The van der Waals surface area contributed by atoms with Gasteiger partial charge in [0.25, 0.3) is 0 Å². The molecule has 1 aliphatic heterocycles. The zero-order valence-corrected chi connectivity index (χ0v) is 19.1. The number of rotatable bonds is 4. The SMILES string of the molecule is COc1cc(Br)c(Cl)c2c1N(C(=O)OCc1ccccc1)C(c1cccc(F)c1)CC2. The zero-order valence-electron chi connectivity index (χ0n) is 16.8. The Kier molecular flexibility index (Phi) is 6.49. The maximum absolute atomic E-state index is 14.0. The van der Waals surface area contributed by atoms with Crippen LogP contribution in [0.3, 0.4) is 0 Å². The number of amides is 1. The number of nitrogens with zero attached hydrogens (tertiary/aromatic N) is 1. The molecule has 0 fully saturated rings. The molecule has 0 N–H and O–H groups in total. The molecule has 0 aliphatic carbocycles. The number of hydrogen-bond donors (Lipinski definition) is 0. The third-order valence-corrected chi connectivity index (χ3v) is 6.61. The fourth-order valence-corrected chi connectivity index (χ4v) is 4.58. The molecule has 31 heavy (non-hydrogen) atoms. The Morgan fingerprint density at radius 1 is 1.19 bits per heavy atom. The minimum absolute atomic E-state index is 0.119. The number of hydrogen-bond acceptors (Lipinski definition) is 3. The van der Waals surface area contributed by atoms with Gasteiger partial charge in [-0.05, 0) is 63.7 Å². The Labute approximate surface area is 193 Å². The molecule has 0 aromatic heterocycles. The first-order valence-electron chi connectivity index (χ1n) is 9.80. The normalized spacial score (nSPS) is 15.4. The first kappa shape index (κ1) is 21.7. The smallest absolute Gasteiger partial charge is 0.415 e. The number of carbonyl (C=O) groups excluding carboxylic acids is 1. The second kappa shape index (κ2) is 9.28. The summed E-state index contributed by atoms with van der Waals surface area (Å²) < 4.78 is 25.9. The summed E-state index contributed by atoms with van der Waals surface area (Å²) in [6, 6.07) is 17.0. The first-order valence-corrected chi connectivity index (χ1v) is 11.0. The highest BCUT2D eigenvalue weighted by Crippen LogP contribution is 2.49. The quantitative estimate of drug-likeness (QED) is 0.381. The fourth-order valence-electron chi connectivity index (χ4n) is 3.89. The maximum Gasteiger partial charge on any atom is 0.415 e. The van der Waals surface area contributed by atoms with Crippen molar-refractivity contribution in [3.05, 3.63) is 92.7 Å². The van der Waals surface area contributed by atoms with Crippen molar-refractivity contribution in [1.82, 2.24) is 0 Å². The molecule has 3 aromatic rings. The molecule has 0 saturated carbocycles. The summed E-state index contributed by atoms with van der Waals surface area (Å²) in [6.45, 7) is 0.119. The van der Waals surface area contributed by atoms with Crippen LogP contribution in [0.1, 0.15) is 29.2 Å². The summed E-state index contributed by atoms with van der Waals surface area (Å²) in [5.74, 6) is 0.130. The molecule has 1 amide bonds. The van der Waals surface area contributed by atoms with E-state index in [9.17, 15) is 9.18 Å². The highest BCUT2D eigenvalue weighted by Gasteiger charge is 2.37. The van der Waals surface area contributed by atoms with Gasteiger partial charge in [0, 0.05) is 4.47 Å². The van der Waals surface area contributed by atoms with Crippen LogP contribution in [0.15, 0.2) is 65.1 Å². The van der Waals surface area contributed by atoms with Crippen LogP contribution in [-0.4, -0.2) is 13.2 Å². The van der Waals surface area contributed by atoms with Gasteiger partial charge in [0.2, 0.25) is 0 Å². The Morgan fingerprint density at radius 2 is 1.97 bits per heavy atom. The van der Waals surface area contributed by atoms with Crippen LogP contribution >= 0.6 is 27.5 Å². The second-order valence-corrected chi connectivity index (χ2v) is 8.45. The Hall–Kier alpha value is -2.57. The zero-order chi connectivity index (χ0) is 22.0. The van der Waals surface area contributed by atoms with Gasteiger partial charge in [0.05, 0.1) is 23.9 Å². The molecule has 4 rings (SSSR count). The molecule has 160 valence electrons. The Balaban J connectivity index is 1.77. The van der Waals surface area contributed by atoms with Gasteiger partial charge in [-0.15, -0.1) is 0 Å². The summed E-state index contributed by atoms with van der Waals surface area (Å²) in [7, 11) is 1.54. The lowest BCUT2D eigenvalue weighted by Gasteiger charge is -2.38. The van der Waals surface area contributed by atoms with E-state index < -0.39 is 12.1 Å². The lowest BCUT2D eigenvalue weighted by molar-refractivity contribution is 0.143. The molecule has 1 unspecified atom stereocenters. The summed E-state index contributed by atoms with van der Waals surface area (Å²) in [4.78, 5) is 14.9. The summed E-state index contributed by atoms with van der Waals surface area (Å²) in [5.41, 5.74) is 2.89. The van der Waals surface area contributed by atoms with Crippen molar-refractivity contribution < 1.29 is 18.7 Å². The van der Waals surface area contributed by atoms with Gasteiger partial charge in [-0.25, -0.2) is 9.18 Å². The molecule has 1 aliphatic rings. The van der Waals surface area contributed by atoms with Gasteiger partial charge in [-0.2, -0.15) is 0 Å². The van der Waals surface area contributed by atoms with Gasteiger partial charge in [-0.1, -0.05) is 54.1 Å². The first-order chi connectivity index (χ1) is 15.0. The number of fused-ring (bicyclic) bond motifs is 1. The van der Waals surface area contributed by atoms with E-state index in [4.69, 9.17) is 21.1 Å². The maximum atomic E-state index is 14.0. The topological polar surface area (TPSA) is 38.8 Å². The summed E-state index contributed by atoms with van der Waals surface area (Å²) in [6.07, 6.45) is 0.625. The van der Waals surface area contributed by atoms with E-state index in [1.54, 1.807) is 12.1 Å². The lowest BCUT2D eigenvalue weighted by atomic mass is 9.91. The van der Waals surface area contributed by atoms with Crippen LogP contribution < -0.4 is 9.64 Å². The van der Waals surface area contributed by atoms with Crippen LogP contribution in [-0.2, 0) is 17.8 Å². The van der Waals surface area contributed by atoms with Crippen molar-refractivity contribution in [2.24, 2.45) is 0 Å². The highest BCUT2D eigenvalue weighted by atomic mass is 79.9. The van der Waals surface area contributed by atoms with Crippen molar-refractivity contribution in [1.29, 1.82) is 0 Å². The predicted octanol–water partition coefficient (Wildman–Crippen LogP) is 7.08. The fraction of sp³-hybridized carbons (Fsp3) is 0.208. The van der Waals surface area contributed by atoms with E-state index >= 15 is 0 Å². The molecule has 7 heteroatoms.